The van der Waals surface area contributed by atoms with Crippen molar-refractivity contribution < 1.29 is 19.1 Å². The molecule has 3 aromatic rings. The van der Waals surface area contributed by atoms with Gasteiger partial charge < -0.3 is 19.1 Å². The van der Waals surface area contributed by atoms with Gasteiger partial charge in [-0.2, -0.15) is 0 Å². The summed E-state index contributed by atoms with van der Waals surface area (Å²) in [5.74, 6) is -1.03. The highest BCUT2D eigenvalue weighted by molar-refractivity contribution is 14.1. The molecule has 0 atom stereocenters. The topological polar surface area (TPSA) is 79.6 Å². The van der Waals surface area contributed by atoms with Crippen LogP contribution in [0.5, 0.6) is 5.75 Å². The average molecular weight is 421 g/mol. The van der Waals surface area contributed by atoms with E-state index in [-0.39, 0.29) is 5.58 Å². The van der Waals surface area contributed by atoms with Crippen molar-refractivity contribution >= 4 is 39.5 Å². The van der Waals surface area contributed by atoms with Gasteiger partial charge in [0.25, 0.3) is 0 Å². The molecule has 0 radical (unpaired) electrons. The van der Waals surface area contributed by atoms with E-state index in [1.54, 1.807) is 18.2 Å². The van der Waals surface area contributed by atoms with Crippen molar-refractivity contribution in [2.75, 3.05) is 0 Å². The second-order valence-electron chi connectivity index (χ2n) is 4.85. The fraction of sp³-hybridized carbons (Fsp3) is 0.0588. The maximum Gasteiger partial charge on any atom is 0.345 e. The largest absolute Gasteiger partial charge is 0.545 e. The molecular formula is C17H10IO5-. The molecule has 0 bridgehead atoms. The summed E-state index contributed by atoms with van der Waals surface area (Å²) in [5, 5.41) is 11.3. The van der Waals surface area contributed by atoms with Crippen LogP contribution in [0, 0.1) is 3.57 Å². The number of hydrogen-bond acceptors (Lipinski definition) is 5. The van der Waals surface area contributed by atoms with Crippen LogP contribution in [0.3, 0.4) is 0 Å². The zero-order valence-corrected chi connectivity index (χ0v) is 13.9. The maximum atomic E-state index is 11.6. The van der Waals surface area contributed by atoms with E-state index in [9.17, 15) is 14.7 Å². The van der Waals surface area contributed by atoms with Crippen molar-refractivity contribution in [2.24, 2.45) is 0 Å². The number of aromatic carboxylic acids is 1. The van der Waals surface area contributed by atoms with Crippen molar-refractivity contribution in [1.82, 2.24) is 0 Å². The highest BCUT2D eigenvalue weighted by atomic mass is 127. The summed E-state index contributed by atoms with van der Waals surface area (Å²) in [6.07, 6.45) is 0. The Morgan fingerprint density at radius 1 is 1.13 bits per heavy atom. The number of fused-ring (bicyclic) bond motifs is 1. The summed E-state index contributed by atoms with van der Waals surface area (Å²) in [5.41, 5.74) is -0.156. The van der Waals surface area contributed by atoms with Gasteiger partial charge in [-0.3, -0.25) is 0 Å². The summed E-state index contributed by atoms with van der Waals surface area (Å²) >= 11 is 2.23. The lowest BCUT2D eigenvalue weighted by molar-refractivity contribution is -0.255. The lowest BCUT2D eigenvalue weighted by Gasteiger charge is -2.08. The molecule has 0 unspecified atom stereocenters. The molecule has 23 heavy (non-hydrogen) atoms. The van der Waals surface area contributed by atoms with Gasteiger partial charge in [-0.25, -0.2) is 4.79 Å². The van der Waals surface area contributed by atoms with Gasteiger partial charge in [0.2, 0.25) is 0 Å². The van der Waals surface area contributed by atoms with Gasteiger partial charge in [0, 0.05) is 15.0 Å². The molecule has 0 aliphatic rings. The molecule has 116 valence electrons. The summed E-state index contributed by atoms with van der Waals surface area (Å²) < 4.78 is 11.8. The maximum absolute atomic E-state index is 11.6. The van der Waals surface area contributed by atoms with Crippen LogP contribution in [0.4, 0.5) is 0 Å². The molecule has 0 fully saturated rings. The van der Waals surface area contributed by atoms with Crippen molar-refractivity contribution in [2.45, 2.75) is 6.61 Å². The number of benzene rings is 2. The Hall–Kier alpha value is -2.35. The SMILES string of the molecule is O=C([O-])c1cc2ccc(OCc3ccc(I)cc3)cc2oc1=O. The molecule has 0 spiro atoms. The van der Waals surface area contributed by atoms with Crippen LogP contribution in [0.2, 0.25) is 0 Å². The van der Waals surface area contributed by atoms with Crippen LogP contribution < -0.4 is 15.5 Å². The summed E-state index contributed by atoms with van der Waals surface area (Å²) in [6.45, 7) is 0.379. The van der Waals surface area contributed by atoms with Crippen molar-refractivity contribution in [3.8, 4) is 5.75 Å². The van der Waals surface area contributed by atoms with Crippen molar-refractivity contribution in [3.63, 3.8) is 0 Å². The van der Waals surface area contributed by atoms with E-state index in [4.69, 9.17) is 9.15 Å². The van der Waals surface area contributed by atoms with Crippen molar-refractivity contribution in [3.05, 3.63) is 73.6 Å². The van der Waals surface area contributed by atoms with E-state index in [0.29, 0.717) is 17.7 Å². The number of carbonyl (C=O) groups excluding carboxylic acids is 1. The van der Waals surface area contributed by atoms with E-state index in [0.717, 1.165) is 9.13 Å². The number of carbonyl (C=O) groups is 1. The molecule has 5 nitrogen and oxygen atoms in total. The zero-order valence-electron chi connectivity index (χ0n) is 11.7. The average Bonchev–Trinajstić information content (AvgIpc) is 2.53. The monoisotopic (exact) mass is 421 g/mol. The van der Waals surface area contributed by atoms with Gasteiger partial charge in [-0.05, 0) is 58.5 Å². The predicted molar refractivity (Wildman–Crippen MR) is 90.3 cm³/mol. The minimum Gasteiger partial charge on any atom is -0.545 e. The lowest BCUT2D eigenvalue weighted by Crippen LogP contribution is -2.28. The molecule has 2 aromatic carbocycles. The van der Waals surface area contributed by atoms with Crippen LogP contribution in [0.15, 0.2) is 57.7 Å². The molecule has 1 aromatic heterocycles. The number of rotatable bonds is 4. The van der Waals surface area contributed by atoms with E-state index in [1.807, 2.05) is 24.3 Å². The molecule has 0 N–H and O–H groups in total. The Morgan fingerprint density at radius 3 is 2.57 bits per heavy atom. The molecule has 3 rings (SSSR count). The Kier molecular flexibility index (Phi) is 4.33. The van der Waals surface area contributed by atoms with Gasteiger partial charge in [0.1, 0.15) is 17.9 Å². The standard InChI is InChI=1S/C17H11IO5/c18-12-4-1-10(2-5-12)9-22-13-6-3-11-7-14(16(19)20)17(21)23-15(11)8-13/h1-8H,9H2,(H,19,20)/p-1. The molecule has 0 amide bonds. The molecule has 0 saturated carbocycles. The van der Waals surface area contributed by atoms with Gasteiger partial charge in [-0.1, -0.05) is 12.1 Å². The fourth-order valence-corrected chi connectivity index (χ4v) is 2.43. The molecular weight excluding hydrogens is 411 g/mol. The number of carboxylic acid groups (broad SMARTS) is 1. The summed E-state index contributed by atoms with van der Waals surface area (Å²) in [4.78, 5) is 22.4. The van der Waals surface area contributed by atoms with Gasteiger partial charge >= 0.3 is 5.63 Å². The van der Waals surface area contributed by atoms with Gasteiger partial charge in [0.05, 0.1) is 11.5 Å². The third-order valence-corrected chi connectivity index (χ3v) is 3.97. The first-order valence-corrected chi connectivity index (χ1v) is 7.77. The number of ether oxygens (including phenoxy) is 1. The van der Waals surface area contributed by atoms with Crippen LogP contribution in [0.25, 0.3) is 11.0 Å². The van der Waals surface area contributed by atoms with Crippen LogP contribution in [-0.4, -0.2) is 5.97 Å². The minimum atomic E-state index is -1.56. The molecule has 6 heteroatoms. The van der Waals surface area contributed by atoms with E-state index in [2.05, 4.69) is 22.6 Å². The predicted octanol–water partition coefficient (Wildman–Crippen LogP) is 2.34. The van der Waals surface area contributed by atoms with E-state index < -0.39 is 17.2 Å². The third kappa shape index (κ3) is 3.53. The number of hydrogen-bond donors (Lipinski definition) is 0. The second-order valence-corrected chi connectivity index (χ2v) is 6.10. The molecule has 0 aliphatic heterocycles. The first-order valence-electron chi connectivity index (χ1n) is 6.69. The van der Waals surface area contributed by atoms with Gasteiger partial charge in [-0.15, -0.1) is 0 Å². The summed E-state index contributed by atoms with van der Waals surface area (Å²) in [7, 11) is 0. The normalized spacial score (nSPS) is 10.7. The smallest absolute Gasteiger partial charge is 0.345 e. The quantitative estimate of drug-likeness (QED) is 0.478. The van der Waals surface area contributed by atoms with Crippen molar-refractivity contribution in [1.29, 1.82) is 0 Å². The highest BCUT2D eigenvalue weighted by Crippen LogP contribution is 2.21. The Bertz CT molecular complexity index is 928. The third-order valence-electron chi connectivity index (χ3n) is 3.25. The zero-order chi connectivity index (χ0) is 16.4. The molecule has 0 aliphatic carbocycles. The summed E-state index contributed by atoms with van der Waals surface area (Å²) in [6, 6.07) is 14.0. The number of halogens is 1. The van der Waals surface area contributed by atoms with E-state index >= 15 is 0 Å². The highest BCUT2D eigenvalue weighted by Gasteiger charge is 2.07. The second kappa shape index (κ2) is 6.41. The van der Waals surface area contributed by atoms with Gasteiger partial charge in [0.15, 0.2) is 0 Å². The first kappa shape index (κ1) is 15.5. The molecule has 0 saturated heterocycles. The van der Waals surface area contributed by atoms with E-state index in [1.165, 1.54) is 6.07 Å². The lowest BCUT2D eigenvalue weighted by atomic mass is 10.2. The Morgan fingerprint density at radius 2 is 1.87 bits per heavy atom. The Balaban J connectivity index is 1.85. The minimum absolute atomic E-state index is 0.264. The molecule has 1 heterocycles. The fourth-order valence-electron chi connectivity index (χ4n) is 2.07. The number of carboxylic acids is 1. The van der Waals surface area contributed by atoms with Crippen LogP contribution in [0.1, 0.15) is 15.9 Å². The first-order chi connectivity index (χ1) is 11.0. The Labute approximate surface area is 144 Å². The van der Waals surface area contributed by atoms with Crippen LogP contribution in [-0.2, 0) is 6.61 Å². The van der Waals surface area contributed by atoms with Crippen LogP contribution >= 0.6 is 22.6 Å².